The zero-order valence-electron chi connectivity index (χ0n) is 17.1. The van der Waals surface area contributed by atoms with Gasteiger partial charge in [0.05, 0.1) is 38.3 Å². The molecular formula is C18H31O8PS. The lowest BCUT2D eigenvalue weighted by Gasteiger charge is -2.25. The molecule has 1 aromatic carbocycles. The summed E-state index contributed by atoms with van der Waals surface area (Å²) in [5.41, 5.74) is 0.960. The topological polar surface area (TPSA) is 97.4 Å². The lowest BCUT2D eigenvalue weighted by atomic mass is 10.2. The minimum Gasteiger partial charge on any atom is -0.374 e. The average Bonchev–Trinajstić information content (AvgIpc) is 2.55. The van der Waals surface area contributed by atoms with E-state index in [0.29, 0.717) is 6.61 Å². The van der Waals surface area contributed by atoms with E-state index in [1.165, 1.54) is 0 Å². The highest BCUT2D eigenvalue weighted by molar-refractivity contribution is 7.85. The van der Waals surface area contributed by atoms with Crippen molar-refractivity contribution in [2.75, 3.05) is 25.8 Å². The molecule has 0 bridgehead atoms. The molecule has 28 heavy (non-hydrogen) atoms. The van der Waals surface area contributed by atoms with Crippen LogP contribution in [0.15, 0.2) is 30.3 Å². The van der Waals surface area contributed by atoms with Gasteiger partial charge in [0.15, 0.2) is 0 Å². The predicted molar refractivity (Wildman–Crippen MR) is 107 cm³/mol. The predicted octanol–water partition coefficient (Wildman–Crippen LogP) is 3.57. The van der Waals surface area contributed by atoms with E-state index in [9.17, 15) is 13.0 Å². The average molecular weight is 438 g/mol. The summed E-state index contributed by atoms with van der Waals surface area (Å²) >= 11 is 0. The Bertz CT molecular complexity index is 692. The van der Waals surface area contributed by atoms with E-state index in [2.05, 4.69) is 0 Å². The molecule has 0 unspecified atom stereocenters. The highest BCUT2D eigenvalue weighted by atomic mass is 32.2. The first-order chi connectivity index (χ1) is 13.0. The van der Waals surface area contributed by atoms with Crippen molar-refractivity contribution >= 4 is 17.7 Å². The normalized spacial score (nSPS) is 14.0. The Morgan fingerprint density at radius 3 is 2.04 bits per heavy atom. The maximum Gasteiger partial charge on any atom is 0.356 e. The number of ether oxygens (including phenoxy) is 2. The zero-order valence-corrected chi connectivity index (χ0v) is 18.8. The number of hydrogen-bond acceptors (Lipinski definition) is 8. The van der Waals surface area contributed by atoms with Crippen LogP contribution in [0.2, 0.25) is 0 Å². The van der Waals surface area contributed by atoms with E-state index in [4.69, 9.17) is 22.7 Å². The van der Waals surface area contributed by atoms with Gasteiger partial charge in [-0.15, -0.1) is 0 Å². The number of hydrogen-bond donors (Lipinski definition) is 0. The molecule has 0 saturated carbocycles. The molecule has 1 atom stereocenters. The van der Waals surface area contributed by atoms with Crippen LogP contribution in [-0.4, -0.2) is 52.5 Å². The highest BCUT2D eigenvalue weighted by Gasteiger charge is 2.30. The Hall–Kier alpha value is -0.800. The Labute approximate surface area is 168 Å². The summed E-state index contributed by atoms with van der Waals surface area (Å²) < 4.78 is 62.4. The first-order valence-corrected chi connectivity index (χ1v) is 12.6. The second-order valence-corrected chi connectivity index (χ2v) is 10.4. The van der Waals surface area contributed by atoms with Crippen molar-refractivity contribution in [1.82, 2.24) is 0 Å². The minimum atomic E-state index is -3.66. The molecule has 162 valence electrons. The summed E-state index contributed by atoms with van der Waals surface area (Å²) in [5, 5.41) is 0. The van der Waals surface area contributed by atoms with Gasteiger partial charge in [0.25, 0.3) is 10.1 Å². The summed E-state index contributed by atoms with van der Waals surface area (Å²) in [6, 6.07) is 9.49. The molecule has 0 spiro atoms. The summed E-state index contributed by atoms with van der Waals surface area (Å²) in [5.74, 6) is 0. The van der Waals surface area contributed by atoms with E-state index < -0.39 is 23.8 Å². The van der Waals surface area contributed by atoms with Crippen molar-refractivity contribution in [2.45, 2.75) is 52.6 Å². The van der Waals surface area contributed by atoms with Crippen molar-refractivity contribution in [3.05, 3.63) is 35.9 Å². The number of rotatable bonds is 14. The van der Waals surface area contributed by atoms with Crippen LogP contribution in [0.1, 0.15) is 33.3 Å². The van der Waals surface area contributed by atoms with Gasteiger partial charge in [0.1, 0.15) is 12.5 Å². The SMILES string of the molecule is CC(C)OP(=O)(CO[C@H](COCc1ccccc1)COS(C)(=O)=O)OC(C)C. The molecule has 0 aliphatic heterocycles. The summed E-state index contributed by atoms with van der Waals surface area (Å²) in [6.45, 7) is 7.06. The summed E-state index contributed by atoms with van der Waals surface area (Å²) in [6.07, 6.45) is -0.806. The van der Waals surface area contributed by atoms with Crippen LogP contribution in [0.25, 0.3) is 0 Å². The van der Waals surface area contributed by atoms with Crippen molar-refractivity contribution in [3.8, 4) is 0 Å². The van der Waals surface area contributed by atoms with Gasteiger partial charge in [0.2, 0.25) is 0 Å². The van der Waals surface area contributed by atoms with Gasteiger partial charge in [-0.25, -0.2) is 0 Å². The third-order valence-electron chi connectivity index (χ3n) is 3.09. The molecule has 0 amide bonds. The van der Waals surface area contributed by atoms with Crippen molar-refractivity contribution in [1.29, 1.82) is 0 Å². The van der Waals surface area contributed by atoms with Gasteiger partial charge in [-0.05, 0) is 33.3 Å². The standard InChI is InChI=1S/C18H31O8PS/c1-15(2)25-27(19,26-16(3)4)14-23-18(13-24-28(5,20)21)12-22-11-17-9-7-6-8-10-17/h6-10,15-16,18H,11-14H2,1-5H3/t18-/m1/s1. The lowest BCUT2D eigenvalue weighted by Crippen LogP contribution is -2.28. The van der Waals surface area contributed by atoms with Crippen LogP contribution in [-0.2, 0) is 44.0 Å². The van der Waals surface area contributed by atoms with Crippen LogP contribution in [0.3, 0.4) is 0 Å². The molecule has 0 heterocycles. The fourth-order valence-electron chi connectivity index (χ4n) is 2.15. The van der Waals surface area contributed by atoms with Crippen LogP contribution in [0.5, 0.6) is 0 Å². The molecule has 10 heteroatoms. The quantitative estimate of drug-likeness (QED) is 0.321. The van der Waals surface area contributed by atoms with Crippen LogP contribution in [0, 0.1) is 0 Å². The van der Waals surface area contributed by atoms with Crippen LogP contribution >= 0.6 is 7.60 Å². The van der Waals surface area contributed by atoms with Gasteiger partial charge < -0.3 is 18.5 Å². The van der Waals surface area contributed by atoms with Crippen LogP contribution in [0.4, 0.5) is 0 Å². The van der Waals surface area contributed by atoms with E-state index in [-0.39, 0.29) is 31.8 Å². The van der Waals surface area contributed by atoms with E-state index in [1.807, 2.05) is 30.3 Å². The van der Waals surface area contributed by atoms with Crippen molar-refractivity contribution < 1.29 is 35.7 Å². The van der Waals surface area contributed by atoms with Crippen LogP contribution < -0.4 is 0 Å². The molecule has 0 radical (unpaired) electrons. The largest absolute Gasteiger partial charge is 0.374 e. The maximum absolute atomic E-state index is 12.9. The maximum atomic E-state index is 12.9. The third-order valence-corrected chi connectivity index (χ3v) is 5.61. The Morgan fingerprint density at radius 1 is 0.964 bits per heavy atom. The molecule has 1 rings (SSSR count). The minimum absolute atomic E-state index is 0.0494. The second-order valence-electron chi connectivity index (χ2n) is 6.83. The third kappa shape index (κ3) is 11.9. The van der Waals surface area contributed by atoms with Gasteiger partial charge in [-0.2, -0.15) is 8.42 Å². The first kappa shape index (κ1) is 25.2. The second kappa shape index (κ2) is 12.0. The van der Waals surface area contributed by atoms with Crippen molar-refractivity contribution in [2.24, 2.45) is 0 Å². The zero-order chi connectivity index (χ0) is 21.2. The Balaban J connectivity index is 2.69. The fourth-order valence-corrected chi connectivity index (χ4v) is 4.40. The highest BCUT2D eigenvalue weighted by Crippen LogP contribution is 2.50. The van der Waals surface area contributed by atoms with E-state index in [0.717, 1.165) is 11.8 Å². The van der Waals surface area contributed by atoms with E-state index in [1.54, 1.807) is 27.7 Å². The molecule has 0 N–H and O–H groups in total. The Morgan fingerprint density at radius 2 is 1.54 bits per heavy atom. The molecule has 0 fully saturated rings. The van der Waals surface area contributed by atoms with Gasteiger partial charge in [0, 0.05) is 0 Å². The molecule has 0 aliphatic carbocycles. The number of benzene rings is 1. The molecular weight excluding hydrogens is 407 g/mol. The molecule has 1 aromatic rings. The fraction of sp³-hybridized carbons (Fsp3) is 0.667. The lowest BCUT2D eigenvalue weighted by molar-refractivity contribution is -0.0328. The van der Waals surface area contributed by atoms with Gasteiger partial charge in [-0.3, -0.25) is 8.75 Å². The molecule has 8 nitrogen and oxygen atoms in total. The molecule has 0 saturated heterocycles. The van der Waals surface area contributed by atoms with E-state index >= 15 is 0 Å². The molecule has 0 aromatic heterocycles. The van der Waals surface area contributed by atoms with Crippen molar-refractivity contribution in [3.63, 3.8) is 0 Å². The Kier molecular flexibility index (Phi) is 10.8. The summed E-state index contributed by atoms with van der Waals surface area (Å²) in [7, 11) is -7.18. The first-order valence-electron chi connectivity index (χ1n) is 9.02. The van der Waals surface area contributed by atoms with Gasteiger partial charge in [-0.1, -0.05) is 30.3 Å². The summed E-state index contributed by atoms with van der Waals surface area (Å²) in [4.78, 5) is 0. The smallest absolute Gasteiger partial charge is 0.356 e. The molecule has 0 aliphatic rings. The van der Waals surface area contributed by atoms with Gasteiger partial charge >= 0.3 is 7.60 Å². The monoisotopic (exact) mass is 438 g/mol.